The van der Waals surface area contributed by atoms with Crippen LogP contribution in [0.1, 0.15) is 11.1 Å². The van der Waals surface area contributed by atoms with Crippen LogP contribution in [-0.2, 0) is 5.75 Å². The molecular formula is C16H14N2OS2. The van der Waals surface area contributed by atoms with E-state index in [4.69, 9.17) is 0 Å². The number of hydrogen-bond donors (Lipinski definition) is 1. The van der Waals surface area contributed by atoms with Crippen molar-refractivity contribution < 1.29 is 0 Å². The Labute approximate surface area is 131 Å². The van der Waals surface area contributed by atoms with Crippen LogP contribution in [0, 0.1) is 6.92 Å². The highest BCUT2D eigenvalue weighted by atomic mass is 32.2. The van der Waals surface area contributed by atoms with E-state index in [2.05, 4.69) is 35.1 Å². The molecule has 0 aliphatic heterocycles. The van der Waals surface area contributed by atoms with Crippen molar-refractivity contribution in [2.75, 3.05) is 0 Å². The highest BCUT2D eigenvalue weighted by molar-refractivity contribution is 7.98. The van der Waals surface area contributed by atoms with Crippen LogP contribution in [0.3, 0.4) is 0 Å². The van der Waals surface area contributed by atoms with Gasteiger partial charge in [-0.25, -0.2) is 4.98 Å². The molecule has 3 rings (SSSR count). The molecule has 0 amide bonds. The summed E-state index contributed by atoms with van der Waals surface area (Å²) in [4.78, 5) is 20.1. The molecule has 0 aliphatic carbocycles. The van der Waals surface area contributed by atoms with Crippen molar-refractivity contribution in [3.63, 3.8) is 0 Å². The Bertz CT molecular complexity index is 794. The van der Waals surface area contributed by atoms with E-state index in [1.54, 1.807) is 29.2 Å². The molecule has 1 N–H and O–H groups in total. The first-order valence-corrected chi connectivity index (χ1v) is 8.41. The van der Waals surface area contributed by atoms with Gasteiger partial charge in [0.2, 0.25) is 0 Å². The number of H-pyrrole nitrogens is 1. The molecule has 5 heteroatoms. The molecule has 0 spiro atoms. The van der Waals surface area contributed by atoms with E-state index in [1.807, 2.05) is 23.6 Å². The van der Waals surface area contributed by atoms with Crippen LogP contribution in [-0.4, -0.2) is 9.97 Å². The van der Waals surface area contributed by atoms with E-state index < -0.39 is 0 Å². The van der Waals surface area contributed by atoms with Crippen LogP contribution in [0.4, 0.5) is 0 Å². The Kier molecular flexibility index (Phi) is 4.22. The van der Waals surface area contributed by atoms with Gasteiger partial charge in [0.1, 0.15) is 0 Å². The van der Waals surface area contributed by atoms with Gasteiger partial charge < -0.3 is 4.98 Å². The molecule has 0 bridgehead atoms. The molecule has 0 fully saturated rings. The molecule has 0 radical (unpaired) electrons. The number of aromatic amines is 1. The first-order chi connectivity index (χ1) is 10.2. The minimum absolute atomic E-state index is 0.111. The van der Waals surface area contributed by atoms with Gasteiger partial charge in [0, 0.05) is 11.8 Å². The Balaban J connectivity index is 1.81. The molecule has 106 valence electrons. The molecule has 0 unspecified atom stereocenters. The van der Waals surface area contributed by atoms with Crippen molar-refractivity contribution in [3.05, 3.63) is 69.3 Å². The Morgan fingerprint density at radius 2 is 2.14 bits per heavy atom. The second-order valence-corrected chi connectivity index (χ2v) is 6.60. The van der Waals surface area contributed by atoms with Crippen molar-refractivity contribution in [3.8, 4) is 10.6 Å². The van der Waals surface area contributed by atoms with Crippen LogP contribution < -0.4 is 5.56 Å². The van der Waals surface area contributed by atoms with E-state index in [9.17, 15) is 4.79 Å². The summed E-state index contributed by atoms with van der Waals surface area (Å²) in [6, 6.07) is 13.8. The zero-order valence-corrected chi connectivity index (χ0v) is 13.1. The summed E-state index contributed by atoms with van der Waals surface area (Å²) in [5, 5.41) is 2.64. The van der Waals surface area contributed by atoms with Gasteiger partial charge in [-0.3, -0.25) is 4.79 Å². The molecule has 0 aliphatic rings. The van der Waals surface area contributed by atoms with Gasteiger partial charge in [-0.2, -0.15) is 0 Å². The van der Waals surface area contributed by atoms with E-state index in [1.165, 1.54) is 11.1 Å². The third-order valence-electron chi connectivity index (χ3n) is 2.95. The topological polar surface area (TPSA) is 45.8 Å². The number of nitrogens with zero attached hydrogens (tertiary/aromatic N) is 1. The van der Waals surface area contributed by atoms with E-state index >= 15 is 0 Å². The minimum atomic E-state index is -0.111. The molecule has 0 saturated carbocycles. The largest absolute Gasteiger partial charge is 0.301 e. The van der Waals surface area contributed by atoms with Crippen LogP contribution >= 0.6 is 23.1 Å². The molecule has 2 heterocycles. The maximum Gasteiger partial charge on any atom is 0.252 e. The SMILES string of the molecule is Cc1cccc(CSc2nc(-c3cccs3)cc(=O)[nH]2)c1. The zero-order valence-electron chi connectivity index (χ0n) is 11.5. The maximum absolute atomic E-state index is 11.8. The standard InChI is InChI=1S/C16H14N2OS2/c1-11-4-2-5-12(8-11)10-21-16-17-13(9-15(19)18-16)14-6-3-7-20-14/h2-9H,10H2,1H3,(H,17,18,19). The lowest BCUT2D eigenvalue weighted by molar-refractivity contribution is 0.943. The highest BCUT2D eigenvalue weighted by Crippen LogP contribution is 2.24. The average Bonchev–Trinajstić information content (AvgIpc) is 2.99. The third kappa shape index (κ3) is 3.62. The van der Waals surface area contributed by atoms with Crippen LogP contribution in [0.25, 0.3) is 10.6 Å². The van der Waals surface area contributed by atoms with Gasteiger partial charge >= 0.3 is 0 Å². The second kappa shape index (κ2) is 6.28. The van der Waals surface area contributed by atoms with Crippen molar-refractivity contribution in [2.45, 2.75) is 17.8 Å². The monoisotopic (exact) mass is 314 g/mol. The molecular weight excluding hydrogens is 300 g/mol. The number of nitrogens with one attached hydrogen (secondary N) is 1. The molecule has 21 heavy (non-hydrogen) atoms. The Hall–Kier alpha value is -1.85. The minimum Gasteiger partial charge on any atom is -0.301 e. The average molecular weight is 314 g/mol. The number of aryl methyl sites for hydroxylation is 1. The van der Waals surface area contributed by atoms with Gasteiger partial charge in [0.05, 0.1) is 10.6 Å². The first kappa shape index (κ1) is 14.1. The van der Waals surface area contributed by atoms with E-state index in [0.29, 0.717) is 5.16 Å². The van der Waals surface area contributed by atoms with E-state index in [-0.39, 0.29) is 5.56 Å². The Morgan fingerprint density at radius 3 is 2.90 bits per heavy atom. The first-order valence-electron chi connectivity index (χ1n) is 6.54. The van der Waals surface area contributed by atoms with Crippen molar-refractivity contribution in [2.24, 2.45) is 0 Å². The van der Waals surface area contributed by atoms with Crippen LogP contribution in [0.2, 0.25) is 0 Å². The lowest BCUT2D eigenvalue weighted by atomic mass is 10.2. The number of thiophene rings is 1. The van der Waals surface area contributed by atoms with Gasteiger partial charge in [0.25, 0.3) is 5.56 Å². The van der Waals surface area contributed by atoms with Crippen molar-refractivity contribution >= 4 is 23.1 Å². The van der Waals surface area contributed by atoms with Crippen molar-refractivity contribution in [1.29, 1.82) is 0 Å². The lowest BCUT2D eigenvalue weighted by Crippen LogP contribution is -2.07. The quantitative estimate of drug-likeness (QED) is 0.582. The summed E-state index contributed by atoms with van der Waals surface area (Å²) in [7, 11) is 0. The number of benzene rings is 1. The zero-order chi connectivity index (χ0) is 14.7. The molecule has 1 aromatic carbocycles. The third-order valence-corrected chi connectivity index (χ3v) is 4.79. The van der Waals surface area contributed by atoms with Crippen molar-refractivity contribution in [1.82, 2.24) is 9.97 Å². The predicted molar refractivity (Wildman–Crippen MR) is 88.9 cm³/mol. The van der Waals surface area contributed by atoms with Gasteiger partial charge in [-0.1, -0.05) is 47.7 Å². The fourth-order valence-electron chi connectivity index (χ4n) is 2.01. The summed E-state index contributed by atoms with van der Waals surface area (Å²) in [6.07, 6.45) is 0. The highest BCUT2D eigenvalue weighted by Gasteiger charge is 2.06. The summed E-state index contributed by atoms with van der Waals surface area (Å²) in [5.41, 5.74) is 3.09. The smallest absolute Gasteiger partial charge is 0.252 e. The Morgan fingerprint density at radius 1 is 1.24 bits per heavy atom. The van der Waals surface area contributed by atoms with Crippen LogP contribution in [0.5, 0.6) is 0 Å². The number of aromatic nitrogens is 2. The number of hydrogen-bond acceptors (Lipinski definition) is 4. The molecule has 0 atom stereocenters. The number of rotatable bonds is 4. The summed E-state index contributed by atoms with van der Waals surface area (Å²) in [6.45, 7) is 2.08. The summed E-state index contributed by atoms with van der Waals surface area (Å²) >= 11 is 3.13. The van der Waals surface area contributed by atoms with Gasteiger partial charge in [-0.15, -0.1) is 11.3 Å². The normalized spacial score (nSPS) is 10.7. The molecule has 2 aromatic heterocycles. The predicted octanol–water partition coefficient (Wildman–Crippen LogP) is 4.10. The second-order valence-electron chi connectivity index (χ2n) is 4.69. The van der Waals surface area contributed by atoms with E-state index in [0.717, 1.165) is 16.3 Å². The summed E-state index contributed by atoms with van der Waals surface area (Å²) < 4.78 is 0. The molecule has 3 aromatic rings. The van der Waals surface area contributed by atoms with Gasteiger partial charge in [0.15, 0.2) is 5.16 Å². The summed E-state index contributed by atoms with van der Waals surface area (Å²) in [5.74, 6) is 0.790. The molecule has 3 nitrogen and oxygen atoms in total. The fraction of sp³-hybridized carbons (Fsp3) is 0.125. The lowest BCUT2D eigenvalue weighted by Gasteiger charge is -2.04. The van der Waals surface area contributed by atoms with Gasteiger partial charge in [-0.05, 0) is 23.9 Å². The molecule has 0 saturated heterocycles. The number of thioether (sulfide) groups is 1. The maximum atomic E-state index is 11.8. The van der Waals surface area contributed by atoms with Crippen LogP contribution in [0.15, 0.2) is 57.8 Å². The fourth-order valence-corrected chi connectivity index (χ4v) is 3.51.